The van der Waals surface area contributed by atoms with Crippen molar-refractivity contribution in [2.24, 2.45) is 10.8 Å². The molecule has 23 heavy (non-hydrogen) atoms. The number of hydrazone groups is 1. The molecule has 0 spiro atoms. The van der Waals surface area contributed by atoms with Gasteiger partial charge in [0.25, 0.3) is 5.85 Å². The van der Waals surface area contributed by atoms with Gasteiger partial charge in [-0.25, -0.2) is 15.0 Å². The van der Waals surface area contributed by atoms with Crippen LogP contribution in [0.1, 0.15) is 17.0 Å². The third-order valence-corrected chi connectivity index (χ3v) is 4.18. The van der Waals surface area contributed by atoms with Crippen LogP contribution in [0.25, 0.3) is 16.8 Å². The van der Waals surface area contributed by atoms with Crippen LogP contribution in [0.5, 0.6) is 0 Å². The summed E-state index contributed by atoms with van der Waals surface area (Å²) in [5.74, 6) is -1.54. The van der Waals surface area contributed by atoms with Crippen molar-refractivity contribution in [3.8, 4) is 0 Å². The van der Waals surface area contributed by atoms with Gasteiger partial charge in [0.2, 0.25) is 0 Å². The minimum absolute atomic E-state index is 0.314. The quantitative estimate of drug-likeness (QED) is 0.458. The van der Waals surface area contributed by atoms with Crippen molar-refractivity contribution in [1.82, 2.24) is 10.5 Å². The fourth-order valence-electron chi connectivity index (χ4n) is 3.18. The highest BCUT2D eigenvalue weighted by molar-refractivity contribution is 5.96. The van der Waals surface area contributed by atoms with E-state index in [0.29, 0.717) is 0 Å². The number of nitrogens with one attached hydrogen (secondary N) is 2. The van der Waals surface area contributed by atoms with Gasteiger partial charge in [0.05, 0.1) is 5.92 Å². The van der Waals surface area contributed by atoms with Gasteiger partial charge in [0.15, 0.2) is 0 Å². The van der Waals surface area contributed by atoms with E-state index in [9.17, 15) is 4.79 Å². The molecule has 2 amide bonds. The summed E-state index contributed by atoms with van der Waals surface area (Å²) >= 11 is 0. The van der Waals surface area contributed by atoms with Gasteiger partial charge < -0.3 is 5.73 Å². The molecule has 2 aromatic rings. The van der Waals surface area contributed by atoms with Crippen molar-refractivity contribution >= 4 is 28.9 Å². The summed E-state index contributed by atoms with van der Waals surface area (Å²) < 4.78 is 0. The molecule has 1 aliphatic heterocycles. The fourth-order valence-corrected chi connectivity index (χ4v) is 3.18. The first kappa shape index (κ1) is 13.7. The Bertz CT molecular complexity index is 889. The second kappa shape index (κ2) is 4.76. The van der Waals surface area contributed by atoms with Gasteiger partial charge >= 0.3 is 6.03 Å². The van der Waals surface area contributed by atoms with Gasteiger partial charge in [-0.1, -0.05) is 53.7 Å². The first-order valence-electron chi connectivity index (χ1n) is 7.04. The lowest BCUT2D eigenvalue weighted by atomic mass is 9.83. The average Bonchev–Trinajstić information content (AvgIpc) is 3.34. The van der Waals surface area contributed by atoms with E-state index >= 15 is 0 Å². The topological polar surface area (TPSA) is 117 Å². The van der Waals surface area contributed by atoms with E-state index in [1.165, 1.54) is 0 Å². The van der Waals surface area contributed by atoms with Crippen molar-refractivity contribution in [2.45, 2.75) is 11.8 Å². The predicted molar refractivity (Wildman–Crippen MR) is 84.3 cm³/mol. The molecule has 0 aromatic heterocycles. The molecule has 7 heteroatoms. The molecule has 1 fully saturated rings. The number of urea groups is 1. The van der Waals surface area contributed by atoms with Crippen LogP contribution in [-0.2, 0) is 4.84 Å². The molecule has 7 nitrogen and oxygen atoms in total. The van der Waals surface area contributed by atoms with E-state index in [4.69, 9.17) is 16.0 Å². The Morgan fingerprint density at radius 1 is 1.39 bits per heavy atom. The van der Waals surface area contributed by atoms with E-state index in [0.717, 1.165) is 26.9 Å². The Morgan fingerprint density at radius 3 is 2.78 bits per heavy atom. The highest BCUT2D eigenvalue weighted by Crippen LogP contribution is 2.46. The number of rotatable bonds is 3. The van der Waals surface area contributed by atoms with E-state index in [-0.39, 0.29) is 5.92 Å². The van der Waals surface area contributed by atoms with E-state index in [2.05, 4.69) is 10.6 Å². The monoisotopic (exact) mass is 307 g/mol. The van der Waals surface area contributed by atoms with E-state index < -0.39 is 11.9 Å². The number of hydrogen-bond donors (Lipinski definition) is 3. The molecule has 0 saturated carbocycles. The lowest BCUT2D eigenvalue weighted by molar-refractivity contribution is 0.0985. The Morgan fingerprint density at radius 2 is 2.13 bits per heavy atom. The Balaban J connectivity index is 1.89. The molecule has 114 valence electrons. The lowest BCUT2D eigenvalue weighted by Crippen LogP contribution is -2.47. The number of nitrogens with two attached hydrogens (primary N) is 1. The number of primary amides is 1. The maximum absolute atomic E-state index is 11.7. The molecule has 2 unspecified atom stereocenters. The molecular formula is C16H13N5O2. The van der Waals surface area contributed by atoms with Crippen molar-refractivity contribution < 1.29 is 9.63 Å². The van der Waals surface area contributed by atoms with Crippen LogP contribution in [0.3, 0.4) is 0 Å². The largest absolute Gasteiger partial charge is 0.350 e. The number of nitrogens with zero attached hydrogens (tertiary/aromatic N) is 2. The van der Waals surface area contributed by atoms with Crippen LogP contribution in [0.15, 0.2) is 47.6 Å². The number of amides is 2. The zero-order valence-electron chi connectivity index (χ0n) is 12.0. The van der Waals surface area contributed by atoms with Crippen LogP contribution in [-0.4, -0.2) is 22.9 Å². The minimum atomic E-state index is -1.22. The van der Waals surface area contributed by atoms with Gasteiger partial charge in [-0.3, -0.25) is 0 Å². The third kappa shape index (κ3) is 1.89. The fraction of sp³-hybridized carbons (Fsp3) is 0.125. The summed E-state index contributed by atoms with van der Waals surface area (Å²) in [7, 11) is 0. The number of carbonyl (C=O) groups excluding carboxylic acids is 1. The smallest absolute Gasteiger partial charge is 0.339 e. The van der Waals surface area contributed by atoms with Crippen LogP contribution < -0.4 is 11.2 Å². The van der Waals surface area contributed by atoms with Crippen molar-refractivity contribution in [3.63, 3.8) is 0 Å². The maximum atomic E-state index is 11.7. The van der Waals surface area contributed by atoms with Crippen LogP contribution in [0.2, 0.25) is 0 Å². The van der Waals surface area contributed by atoms with Crippen molar-refractivity contribution in [1.29, 1.82) is 5.41 Å². The molecule has 0 radical (unpaired) electrons. The van der Waals surface area contributed by atoms with Gasteiger partial charge in [-0.15, -0.1) is 5.48 Å². The van der Waals surface area contributed by atoms with E-state index in [1.807, 2.05) is 54.6 Å². The van der Waals surface area contributed by atoms with Crippen LogP contribution >= 0.6 is 0 Å². The van der Waals surface area contributed by atoms with Gasteiger partial charge in [0, 0.05) is 0 Å². The summed E-state index contributed by atoms with van der Waals surface area (Å²) in [5, 5.41) is 13.7. The first-order valence-corrected chi connectivity index (χ1v) is 7.04. The van der Waals surface area contributed by atoms with Crippen molar-refractivity contribution in [3.05, 3.63) is 53.6 Å². The second-order valence-corrected chi connectivity index (χ2v) is 5.39. The molecule has 1 saturated heterocycles. The summed E-state index contributed by atoms with van der Waals surface area (Å²) in [5.41, 5.74) is 10.2. The summed E-state index contributed by atoms with van der Waals surface area (Å²) in [6, 6.07) is 13.1. The normalized spacial score (nSPS) is 24.1. The number of carbonyl (C=O) groups is 1. The molecule has 2 aliphatic rings. The number of hydroxylamine groups is 1. The Hall–Kier alpha value is -2.99. The van der Waals surface area contributed by atoms with Crippen LogP contribution in [0, 0.1) is 5.41 Å². The highest BCUT2D eigenvalue weighted by atomic mass is 16.8. The number of benzene rings is 2. The van der Waals surface area contributed by atoms with Gasteiger partial charge in [-0.05, 0) is 21.9 Å². The third-order valence-electron chi connectivity index (χ3n) is 4.18. The summed E-state index contributed by atoms with van der Waals surface area (Å²) in [4.78, 5) is 17.1. The Labute approximate surface area is 131 Å². The minimum Gasteiger partial charge on any atom is -0.350 e. The molecule has 1 aliphatic carbocycles. The highest BCUT2D eigenvalue weighted by Gasteiger charge is 2.60. The molecule has 2 atom stereocenters. The molecule has 4 N–H and O–H groups in total. The SMILES string of the molecule is N=C=NN(C(N)=O)C1(C2C=Cc3cccc4cccc2c34)NO1. The van der Waals surface area contributed by atoms with E-state index in [1.54, 1.807) is 0 Å². The standard InChI is InChI=1S/C16H13N5O2/c17-9-19-21(15(18)22)16(20-23-16)13-8-7-11-4-1-3-10-5-2-6-12(13)14(10)11/h1-8,13,17,20H,(H2,18,22). The molecule has 1 heterocycles. The lowest BCUT2D eigenvalue weighted by Gasteiger charge is -2.28. The van der Waals surface area contributed by atoms with Gasteiger partial charge in [0.1, 0.15) is 6.01 Å². The zero-order chi connectivity index (χ0) is 16.0. The van der Waals surface area contributed by atoms with Crippen LogP contribution in [0.4, 0.5) is 4.79 Å². The Kier molecular flexibility index (Phi) is 2.82. The first-order chi connectivity index (χ1) is 11.2. The molecule has 0 bridgehead atoms. The second-order valence-electron chi connectivity index (χ2n) is 5.39. The van der Waals surface area contributed by atoms with Gasteiger partial charge in [-0.2, -0.15) is 5.01 Å². The average molecular weight is 307 g/mol. The molecular weight excluding hydrogens is 294 g/mol. The summed E-state index contributed by atoms with van der Waals surface area (Å²) in [6.07, 6.45) is 3.92. The number of hydrogen-bond acceptors (Lipinski definition) is 5. The van der Waals surface area contributed by atoms with Crippen molar-refractivity contribution in [2.75, 3.05) is 0 Å². The molecule has 4 rings (SSSR count). The predicted octanol–water partition coefficient (Wildman–Crippen LogP) is 2.19. The summed E-state index contributed by atoms with van der Waals surface area (Å²) in [6.45, 7) is 0. The molecule has 2 aromatic carbocycles. The maximum Gasteiger partial charge on any atom is 0.339 e. The zero-order valence-corrected chi connectivity index (χ0v) is 12.0.